The van der Waals surface area contributed by atoms with Crippen LogP contribution in [0.4, 0.5) is 0 Å². The van der Waals surface area contributed by atoms with Gasteiger partial charge in [0.15, 0.2) is 0 Å². The van der Waals surface area contributed by atoms with Crippen molar-refractivity contribution in [2.45, 2.75) is 33.1 Å². The van der Waals surface area contributed by atoms with Gasteiger partial charge in [0.25, 0.3) is 0 Å². The second-order valence-electron chi connectivity index (χ2n) is 2.86. The predicted molar refractivity (Wildman–Crippen MR) is 62.6 cm³/mol. The molecule has 0 rings (SSSR count). The Labute approximate surface area is 79.9 Å². The van der Waals surface area contributed by atoms with Crippen molar-refractivity contribution in [1.82, 2.24) is 0 Å². The zero-order valence-corrected chi connectivity index (χ0v) is 9.63. The molecular formula is C9H22S2. The fourth-order valence-corrected chi connectivity index (χ4v) is 3.74. The molecule has 0 aromatic heterocycles. The van der Waals surface area contributed by atoms with Crippen molar-refractivity contribution in [3.05, 3.63) is 0 Å². The molecule has 0 aliphatic rings. The van der Waals surface area contributed by atoms with E-state index in [1.54, 1.807) is 0 Å². The fraction of sp³-hybridized carbons (Fsp3) is 1.00. The van der Waals surface area contributed by atoms with Crippen LogP contribution in [0.3, 0.4) is 0 Å². The highest BCUT2D eigenvalue weighted by Crippen LogP contribution is 2.26. The van der Waals surface area contributed by atoms with Gasteiger partial charge in [-0.1, -0.05) is 20.3 Å². The Morgan fingerprint density at radius 3 is 2.18 bits per heavy atom. The first-order valence-electron chi connectivity index (χ1n) is 4.68. The Hall–Kier alpha value is 0.700. The maximum Gasteiger partial charge on any atom is -0.00907 e. The molecule has 0 radical (unpaired) electrons. The average molecular weight is 194 g/mol. The van der Waals surface area contributed by atoms with E-state index in [9.17, 15) is 0 Å². The van der Waals surface area contributed by atoms with E-state index >= 15 is 0 Å². The van der Waals surface area contributed by atoms with Crippen LogP contribution in [0.5, 0.6) is 0 Å². The third-order valence-electron chi connectivity index (χ3n) is 1.91. The summed E-state index contributed by atoms with van der Waals surface area (Å²) in [5.41, 5.74) is 0. The Morgan fingerprint density at radius 1 is 1.09 bits per heavy atom. The average Bonchev–Trinajstić information content (AvgIpc) is 2.05. The largest absolute Gasteiger partial charge is 0.254 e. The Morgan fingerprint density at radius 2 is 1.73 bits per heavy atom. The lowest BCUT2D eigenvalue weighted by Crippen LogP contribution is -1.97. The monoisotopic (exact) mass is 194 g/mol. The van der Waals surface area contributed by atoms with E-state index in [1.807, 2.05) is 0 Å². The Balaban J connectivity index is 3.25. The molecule has 0 amide bonds. The van der Waals surface area contributed by atoms with E-state index in [1.165, 1.54) is 36.5 Å². The SMILES string of the molecule is CCCC[SH](CC)CCCS. The molecule has 0 heterocycles. The van der Waals surface area contributed by atoms with E-state index in [2.05, 4.69) is 26.5 Å². The normalized spacial score (nSPS) is 15.0. The van der Waals surface area contributed by atoms with E-state index in [0.717, 1.165) is 5.75 Å². The lowest BCUT2D eigenvalue weighted by atomic mass is 10.4. The predicted octanol–water partition coefficient (Wildman–Crippen LogP) is 3.13. The summed E-state index contributed by atoms with van der Waals surface area (Å²) >= 11 is 4.24. The molecule has 0 aromatic rings. The van der Waals surface area contributed by atoms with Gasteiger partial charge in [0.1, 0.15) is 0 Å². The molecule has 11 heavy (non-hydrogen) atoms. The lowest BCUT2D eigenvalue weighted by molar-refractivity contribution is 0.891. The molecule has 1 unspecified atom stereocenters. The van der Waals surface area contributed by atoms with Crippen LogP contribution in [-0.2, 0) is 0 Å². The first-order chi connectivity index (χ1) is 5.35. The maximum absolute atomic E-state index is 4.24. The molecule has 0 aliphatic carbocycles. The molecule has 0 spiro atoms. The van der Waals surface area contributed by atoms with Crippen molar-refractivity contribution in [3.8, 4) is 0 Å². The molecule has 0 saturated heterocycles. The molecular weight excluding hydrogens is 172 g/mol. The van der Waals surface area contributed by atoms with Crippen LogP contribution < -0.4 is 0 Å². The molecule has 0 aliphatic heterocycles. The van der Waals surface area contributed by atoms with Crippen molar-refractivity contribution in [2.75, 3.05) is 23.0 Å². The van der Waals surface area contributed by atoms with Crippen molar-refractivity contribution >= 4 is 23.5 Å². The minimum absolute atomic E-state index is 0.381. The molecule has 0 bridgehead atoms. The molecule has 0 N–H and O–H groups in total. The highest BCUT2D eigenvalue weighted by molar-refractivity contribution is 8.17. The van der Waals surface area contributed by atoms with Crippen LogP contribution >= 0.6 is 23.5 Å². The maximum atomic E-state index is 4.24. The van der Waals surface area contributed by atoms with Gasteiger partial charge in [0, 0.05) is 0 Å². The number of rotatable bonds is 7. The van der Waals surface area contributed by atoms with Crippen molar-refractivity contribution in [2.24, 2.45) is 0 Å². The standard InChI is InChI=1S/C9H22S2/c1-3-5-8-11(4-2)9-6-7-10/h10-11H,3-9H2,1-2H3. The number of thiol groups is 2. The van der Waals surface area contributed by atoms with Crippen LogP contribution in [0.25, 0.3) is 0 Å². The van der Waals surface area contributed by atoms with Crippen LogP contribution in [0.15, 0.2) is 0 Å². The third kappa shape index (κ3) is 7.07. The van der Waals surface area contributed by atoms with Gasteiger partial charge in [0.05, 0.1) is 0 Å². The van der Waals surface area contributed by atoms with Crippen LogP contribution in [0.2, 0.25) is 0 Å². The summed E-state index contributed by atoms with van der Waals surface area (Å²) in [4.78, 5) is 0. The summed E-state index contributed by atoms with van der Waals surface area (Å²) < 4.78 is 0. The van der Waals surface area contributed by atoms with Crippen LogP contribution in [0.1, 0.15) is 33.1 Å². The van der Waals surface area contributed by atoms with Gasteiger partial charge in [-0.15, -0.1) is 0 Å². The smallest absolute Gasteiger partial charge is 0.00907 e. The van der Waals surface area contributed by atoms with Crippen molar-refractivity contribution < 1.29 is 0 Å². The minimum atomic E-state index is 0.381. The number of unbranched alkanes of at least 4 members (excludes halogenated alkanes) is 1. The summed E-state index contributed by atoms with van der Waals surface area (Å²) in [6, 6.07) is 0. The van der Waals surface area contributed by atoms with Crippen LogP contribution in [-0.4, -0.2) is 23.0 Å². The third-order valence-corrected chi connectivity index (χ3v) is 5.02. The van der Waals surface area contributed by atoms with Gasteiger partial charge in [0.2, 0.25) is 0 Å². The van der Waals surface area contributed by atoms with E-state index in [4.69, 9.17) is 0 Å². The van der Waals surface area contributed by atoms with Crippen molar-refractivity contribution in [3.63, 3.8) is 0 Å². The summed E-state index contributed by atoms with van der Waals surface area (Å²) in [5, 5.41) is 0. The summed E-state index contributed by atoms with van der Waals surface area (Å²) in [6.45, 7) is 4.61. The van der Waals surface area contributed by atoms with E-state index < -0.39 is 0 Å². The number of hydrogen-bond acceptors (Lipinski definition) is 1. The van der Waals surface area contributed by atoms with E-state index in [0.29, 0.717) is 10.9 Å². The Bertz CT molecular complexity index is 66.0. The van der Waals surface area contributed by atoms with Gasteiger partial charge in [-0.25, -0.2) is 0 Å². The second kappa shape index (κ2) is 8.79. The molecule has 0 saturated carbocycles. The van der Waals surface area contributed by atoms with E-state index in [-0.39, 0.29) is 0 Å². The van der Waals surface area contributed by atoms with Gasteiger partial charge in [-0.05, 0) is 35.9 Å². The van der Waals surface area contributed by atoms with Crippen LogP contribution in [0, 0.1) is 0 Å². The Kier molecular flexibility index (Phi) is 9.35. The first-order valence-corrected chi connectivity index (χ1v) is 7.21. The topological polar surface area (TPSA) is 0 Å². The quantitative estimate of drug-likeness (QED) is 0.572. The summed E-state index contributed by atoms with van der Waals surface area (Å²) in [6.07, 6.45) is 4.12. The molecule has 0 aromatic carbocycles. The van der Waals surface area contributed by atoms with Gasteiger partial charge in [-0.2, -0.15) is 12.6 Å². The highest BCUT2D eigenvalue weighted by atomic mass is 32.2. The molecule has 0 fully saturated rings. The second-order valence-corrected chi connectivity index (χ2v) is 6.18. The zero-order valence-electron chi connectivity index (χ0n) is 7.84. The zero-order chi connectivity index (χ0) is 8.53. The van der Waals surface area contributed by atoms with Gasteiger partial charge >= 0.3 is 0 Å². The highest BCUT2D eigenvalue weighted by Gasteiger charge is 1.98. The minimum Gasteiger partial charge on any atom is -0.254 e. The fourth-order valence-electron chi connectivity index (χ4n) is 1.10. The van der Waals surface area contributed by atoms with Gasteiger partial charge < -0.3 is 0 Å². The number of hydrogen-bond donors (Lipinski definition) is 2. The molecule has 70 valence electrons. The lowest BCUT2D eigenvalue weighted by Gasteiger charge is -2.18. The molecule has 1 atom stereocenters. The van der Waals surface area contributed by atoms with Gasteiger partial charge in [-0.3, -0.25) is 10.9 Å². The first kappa shape index (κ1) is 11.7. The molecule has 0 nitrogen and oxygen atoms in total. The molecule has 2 heteroatoms. The summed E-state index contributed by atoms with van der Waals surface area (Å²) in [5.74, 6) is 5.44. The summed E-state index contributed by atoms with van der Waals surface area (Å²) in [7, 11) is 0.381. The van der Waals surface area contributed by atoms with Crippen molar-refractivity contribution in [1.29, 1.82) is 0 Å².